The Labute approximate surface area is 112 Å². The van der Waals surface area contributed by atoms with Crippen LogP contribution in [-0.2, 0) is 12.8 Å². The van der Waals surface area contributed by atoms with Gasteiger partial charge in [0, 0.05) is 6.04 Å². The molecule has 1 unspecified atom stereocenters. The Kier molecular flexibility index (Phi) is 6.81. The van der Waals surface area contributed by atoms with Gasteiger partial charge in [-0.3, -0.25) is 0 Å². The van der Waals surface area contributed by atoms with Crippen molar-refractivity contribution in [2.45, 2.75) is 58.9 Å². The molecule has 0 saturated carbocycles. The standard InChI is InChI=1S/C16H27NO/c1-4-11-18-16-10-9-15(14(5-2)12-16)8-6-7-13(3)17/h9-10,12-13H,4-8,11,17H2,1-3H3. The van der Waals surface area contributed by atoms with E-state index in [9.17, 15) is 0 Å². The summed E-state index contributed by atoms with van der Waals surface area (Å²) < 4.78 is 5.68. The molecule has 0 radical (unpaired) electrons. The highest BCUT2D eigenvalue weighted by atomic mass is 16.5. The lowest BCUT2D eigenvalue weighted by Crippen LogP contribution is -2.14. The lowest BCUT2D eigenvalue weighted by molar-refractivity contribution is 0.317. The Morgan fingerprint density at radius 1 is 1.22 bits per heavy atom. The van der Waals surface area contributed by atoms with Gasteiger partial charge in [0.2, 0.25) is 0 Å². The van der Waals surface area contributed by atoms with Crippen LogP contribution >= 0.6 is 0 Å². The summed E-state index contributed by atoms with van der Waals surface area (Å²) in [5.74, 6) is 1.00. The van der Waals surface area contributed by atoms with Crippen molar-refractivity contribution in [2.75, 3.05) is 6.61 Å². The highest BCUT2D eigenvalue weighted by molar-refractivity contribution is 5.35. The van der Waals surface area contributed by atoms with Crippen molar-refractivity contribution in [1.29, 1.82) is 0 Å². The van der Waals surface area contributed by atoms with Crippen LogP contribution in [0.1, 0.15) is 51.2 Å². The monoisotopic (exact) mass is 249 g/mol. The molecule has 0 saturated heterocycles. The third-order valence-corrected chi connectivity index (χ3v) is 3.14. The zero-order valence-electron chi connectivity index (χ0n) is 12.0. The first-order valence-corrected chi connectivity index (χ1v) is 7.17. The third-order valence-electron chi connectivity index (χ3n) is 3.14. The number of benzene rings is 1. The van der Waals surface area contributed by atoms with Gasteiger partial charge in [-0.25, -0.2) is 0 Å². The summed E-state index contributed by atoms with van der Waals surface area (Å²) in [7, 11) is 0. The van der Waals surface area contributed by atoms with Crippen molar-refractivity contribution in [3.05, 3.63) is 29.3 Å². The van der Waals surface area contributed by atoms with Crippen molar-refractivity contribution in [3.63, 3.8) is 0 Å². The lowest BCUT2D eigenvalue weighted by Gasteiger charge is -2.12. The first-order valence-electron chi connectivity index (χ1n) is 7.17. The molecule has 0 bridgehead atoms. The zero-order chi connectivity index (χ0) is 13.4. The molecule has 2 heteroatoms. The van der Waals surface area contributed by atoms with Crippen LogP contribution in [0.4, 0.5) is 0 Å². The molecule has 0 fully saturated rings. The lowest BCUT2D eigenvalue weighted by atomic mass is 9.99. The highest BCUT2D eigenvalue weighted by Gasteiger charge is 2.04. The minimum absolute atomic E-state index is 0.308. The fourth-order valence-electron chi connectivity index (χ4n) is 2.10. The maximum Gasteiger partial charge on any atom is 0.119 e. The molecule has 0 heterocycles. The molecular weight excluding hydrogens is 222 g/mol. The topological polar surface area (TPSA) is 35.2 Å². The predicted molar refractivity (Wildman–Crippen MR) is 78.2 cm³/mol. The van der Waals surface area contributed by atoms with Crippen molar-refractivity contribution in [3.8, 4) is 5.75 Å². The zero-order valence-corrected chi connectivity index (χ0v) is 12.0. The average Bonchev–Trinajstić information content (AvgIpc) is 2.36. The molecule has 1 atom stereocenters. The first-order chi connectivity index (χ1) is 8.67. The summed E-state index contributed by atoms with van der Waals surface area (Å²) in [6.45, 7) is 7.20. The number of hydrogen-bond acceptors (Lipinski definition) is 2. The van der Waals surface area contributed by atoms with Gasteiger partial charge in [-0.2, -0.15) is 0 Å². The van der Waals surface area contributed by atoms with Gasteiger partial charge >= 0.3 is 0 Å². The number of rotatable bonds is 8. The van der Waals surface area contributed by atoms with Gasteiger partial charge in [-0.15, -0.1) is 0 Å². The Bertz CT molecular complexity index is 347. The van der Waals surface area contributed by atoms with Crippen LogP contribution in [0.2, 0.25) is 0 Å². The largest absolute Gasteiger partial charge is 0.494 e. The average molecular weight is 249 g/mol. The molecule has 2 nitrogen and oxygen atoms in total. The van der Waals surface area contributed by atoms with Crippen LogP contribution in [0, 0.1) is 0 Å². The summed E-state index contributed by atoms with van der Waals surface area (Å²) >= 11 is 0. The summed E-state index contributed by atoms with van der Waals surface area (Å²) in [6.07, 6.45) is 5.50. The van der Waals surface area contributed by atoms with Gasteiger partial charge < -0.3 is 10.5 Å². The first kappa shape index (κ1) is 15.0. The maximum absolute atomic E-state index is 5.79. The second kappa shape index (κ2) is 8.15. The van der Waals surface area contributed by atoms with Crippen molar-refractivity contribution in [1.82, 2.24) is 0 Å². The maximum atomic E-state index is 5.79. The molecule has 102 valence electrons. The molecule has 0 amide bonds. The molecular formula is C16H27NO. The predicted octanol–water partition coefficient (Wildman–Crippen LogP) is 3.71. The van der Waals surface area contributed by atoms with Crippen molar-refractivity contribution in [2.24, 2.45) is 5.73 Å². The van der Waals surface area contributed by atoms with E-state index < -0.39 is 0 Å². The normalized spacial score (nSPS) is 12.4. The van der Waals surface area contributed by atoms with E-state index in [1.54, 1.807) is 0 Å². The second-order valence-corrected chi connectivity index (χ2v) is 5.00. The van der Waals surface area contributed by atoms with Crippen LogP contribution in [0.5, 0.6) is 5.75 Å². The van der Waals surface area contributed by atoms with Gasteiger partial charge in [0.05, 0.1) is 6.61 Å². The van der Waals surface area contributed by atoms with E-state index in [0.29, 0.717) is 6.04 Å². The van der Waals surface area contributed by atoms with E-state index >= 15 is 0 Å². The third kappa shape index (κ3) is 5.09. The minimum atomic E-state index is 0.308. The Balaban J connectivity index is 2.61. The number of nitrogens with two attached hydrogens (primary N) is 1. The Morgan fingerprint density at radius 3 is 2.61 bits per heavy atom. The van der Waals surface area contributed by atoms with E-state index in [1.165, 1.54) is 17.5 Å². The van der Waals surface area contributed by atoms with Gasteiger partial charge in [0.25, 0.3) is 0 Å². The smallest absolute Gasteiger partial charge is 0.119 e. The molecule has 0 spiro atoms. The molecule has 0 aliphatic carbocycles. The fraction of sp³-hybridized carbons (Fsp3) is 0.625. The van der Waals surface area contributed by atoms with E-state index in [1.807, 2.05) is 0 Å². The SMILES string of the molecule is CCCOc1ccc(CCCC(C)N)c(CC)c1. The van der Waals surface area contributed by atoms with E-state index in [4.69, 9.17) is 10.5 Å². The summed E-state index contributed by atoms with van der Waals surface area (Å²) in [6, 6.07) is 6.81. The van der Waals surface area contributed by atoms with Crippen molar-refractivity contribution >= 4 is 0 Å². The number of hydrogen-bond donors (Lipinski definition) is 1. The Hall–Kier alpha value is -1.02. The van der Waals surface area contributed by atoms with Crippen LogP contribution in [0.25, 0.3) is 0 Å². The van der Waals surface area contributed by atoms with E-state index in [2.05, 4.69) is 39.0 Å². The molecule has 0 aliphatic rings. The Morgan fingerprint density at radius 2 is 2.00 bits per heavy atom. The molecule has 2 N–H and O–H groups in total. The molecule has 0 aromatic heterocycles. The highest BCUT2D eigenvalue weighted by Crippen LogP contribution is 2.20. The number of aryl methyl sites for hydroxylation is 2. The van der Waals surface area contributed by atoms with Crippen LogP contribution in [-0.4, -0.2) is 12.6 Å². The summed E-state index contributed by atoms with van der Waals surface area (Å²) in [5.41, 5.74) is 8.64. The van der Waals surface area contributed by atoms with Gasteiger partial charge in [-0.1, -0.05) is 19.9 Å². The summed E-state index contributed by atoms with van der Waals surface area (Å²) in [4.78, 5) is 0. The molecule has 18 heavy (non-hydrogen) atoms. The fourth-order valence-corrected chi connectivity index (χ4v) is 2.10. The molecule has 0 aliphatic heterocycles. The van der Waals surface area contributed by atoms with Gasteiger partial charge in [0.1, 0.15) is 5.75 Å². The molecule has 1 rings (SSSR count). The van der Waals surface area contributed by atoms with Crippen molar-refractivity contribution < 1.29 is 4.74 Å². The number of ether oxygens (including phenoxy) is 1. The second-order valence-electron chi connectivity index (χ2n) is 5.00. The van der Waals surface area contributed by atoms with Gasteiger partial charge in [0.15, 0.2) is 0 Å². The van der Waals surface area contributed by atoms with Crippen LogP contribution in [0.15, 0.2) is 18.2 Å². The van der Waals surface area contributed by atoms with E-state index in [-0.39, 0.29) is 0 Å². The van der Waals surface area contributed by atoms with E-state index in [0.717, 1.165) is 38.0 Å². The van der Waals surface area contributed by atoms with Crippen LogP contribution in [0.3, 0.4) is 0 Å². The minimum Gasteiger partial charge on any atom is -0.494 e. The van der Waals surface area contributed by atoms with Gasteiger partial charge in [-0.05, 0) is 62.3 Å². The molecule has 1 aromatic carbocycles. The molecule has 1 aromatic rings. The quantitative estimate of drug-likeness (QED) is 0.762. The van der Waals surface area contributed by atoms with Crippen LogP contribution < -0.4 is 10.5 Å². The summed E-state index contributed by atoms with van der Waals surface area (Å²) in [5, 5.41) is 0.